The van der Waals surface area contributed by atoms with E-state index in [0.29, 0.717) is 31.9 Å². The van der Waals surface area contributed by atoms with E-state index in [1.54, 1.807) is 0 Å². The number of amides is 1. The molecule has 1 amide bonds. The normalized spacial score (nSPS) is 17.9. The first kappa shape index (κ1) is 20.3. The van der Waals surface area contributed by atoms with Gasteiger partial charge in [0.1, 0.15) is 17.6 Å². The fraction of sp³-hybridized carbons (Fsp3) is 0.435. The third kappa shape index (κ3) is 4.31. The van der Waals surface area contributed by atoms with Gasteiger partial charge in [-0.1, -0.05) is 0 Å². The summed E-state index contributed by atoms with van der Waals surface area (Å²) in [6.07, 6.45) is 1.08. The van der Waals surface area contributed by atoms with Crippen LogP contribution in [0.15, 0.2) is 30.3 Å². The SMILES string of the molecule is CCOc1cc2c(cc1CNc1ccc(N3CCOCC3)c(C(N)=O)c1)OC(C)C2. The number of primary amides is 1. The van der Waals surface area contributed by atoms with Crippen LogP contribution in [0, 0.1) is 0 Å². The number of rotatable bonds is 7. The van der Waals surface area contributed by atoms with Gasteiger partial charge in [-0.2, -0.15) is 0 Å². The maximum absolute atomic E-state index is 12.1. The molecule has 0 spiro atoms. The van der Waals surface area contributed by atoms with Crippen LogP contribution in [0.5, 0.6) is 11.5 Å². The van der Waals surface area contributed by atoms with Crippen molar-refractivity contribution in [2.24, 2.45) is 5.73 Å². The van der Waals surface area contributed by atoms with Crippen LogP contribution in [0.4, 0.5) is 11.4 Å². The van der Waals surface area contributed by atoms with Gasteiger partial charge < -0.3 is 30.2 Å². The second kappa shape index (κ2) is 8.83. The number of carbonyl (C=O) groups excluding carboxylic acids is 1. The number of fused-ring (bicyclic) bond motifs is 1. The van der Waals surface area contributed by atoms with Gasteiger partial charge in [0.2, 0.25) is 0 Å². The number of nitrogens with two attached hydrogens (primary N) is 1. The van der Waals surface area contributed by atoms with Crippen molar-refractivity contribution in [1.82, 2.24) is 0 Å². The van der Waals surface area contributed by atoms with Crippen LogP contribution < -0.4 is 25.4 Å². The molecular weight excluding hydrogens is 382 g/mol. The molecule has 0 bridgehead atoms. The Morgan fingerprint density at radius 3 is 2.80 bits per heavy atom. The Hall–Kier alpha value is -2.93. The number of anilines is 2. The molecule has 0 aromatic heterocycles. The van der Waals surface area contributed by atoms with Gasteiger partial charge in [0, 0.05) is 48.6 Å². The van der Waals surface area contributed by atoms with Gasteiger partial charge >= 0.3 is 0 Å². The zero-order valence-corrected chi connectivity index (χ0v) is 17.6. The number of nitrogens with one attached hydrogen (secondary N) is 1. The summed E-state index contributed by atoms with van der Waals surface area (Å²) in [4.78, 5) is 14.2. The van der Waals surface area contributed by atoms with Crippen LogP contribution in [-0.4, -0.2) is 44.9 Å². The molecule has 0 aliphatic carbocycles. The van der Waals surface area contributed by atoms with E-state index in [-0.39, 0.29) is 6.10 Å². The van der Waals surface area contributed by atoms with Crippen molar-refractivity contribution in [3.05, 3.63) is 47.0 Å². The highest BCUT2D eigenvalue weighted by atomic mass is 16.5. The molecule has 30 heavy (non-hydrogen) atoms. The quantitative estimate of drug-likeness (QED) is 0.729. The van der Waals surface area contributed by atoms with Gasteiger partial charge in [0.15, 0.2) is 0 Å². The summed E-state index contributed by atoms with van der Waals surface area (Å²) in [5, 5.41) is 3.40. The Morgan fingerprint density at radius 2 is 2.07 bits per heavy atom. The largest absolute Gasteiger partial charge is 0.494 e. The van der Waals surface area contributed by atoms with Crippen molar-refractivity contribution in [3.63, 3.8) is 0 Å². The lowest BCUT2D eigenvalue weighted by molar-refractivity contribution is 0.0998. The molecule has 1 fully saturated rings. The Balaban J connectivity index is 1.54. The number of nitrogens with zero attached hydrogens (tertiary/aromatic N) is 1. The molecule has 3 N–H and O–H groups in total. The van der Waals surface area contributed by atoms with E-state index in [1.165, 1.54) is 5.56 Å². The summed E-state index contributed by atoms with van der Waals surface area (Å²) in [7, 11) is 0. The number of morpholine rings is 1. The summed E-state index contributed by atoms with van der Waals surface area (Å²) < 4.78 is 17.2. The first-order valence-corrected chi connectivity index (χ1v) is 10.5. The second-order valence-electron chi connectivity index (χ2n) is 7.68. The molecule has 2 aliphatic heterocycles. The number of ether oxygens (including phenoxy) is 3. The molecule has 2 aliphatic rings. The van der Waals surface area contributed by atoms with Gasteiger partial charge in [0.25, 0.3) is 5.91 Å². The number of hydrogen-bond acceptors (Lipinski definition) is 6. The van der Waals surface area contributed by atoms with Crippen LogP contribution >= 0.6 is 0 Å². The van der Waals surface area contributed by atoms with Gasteiger partial charge in [-0.3, -0.25) is 4.79 Å². The smallest absolute Gasteiger partial charge is 0.250 e. The molecule has 0 saturated carbocycles. The highest BCUT2D eigenvalue weighted by molar-refractivity contribution is 5.99. The van der Waals surface area contributed by atoms with Crippen LogP contribution in [0.3, 0.4) is 0 Å². The average molecular weight is 412 g/mol. The average Bonchev–Trinajstić information content (AvgIpc) is 3.11. The van der Waals surface area contributed by atoms with Crippen molar-refractivity contribution in [2.75, 3.05) is 43.1 Å². The topological polar surface area (TPSA) is 86.0 Å². The minimum absolute atomic E-state index is 0.184. The van der Waals surface area contributed by atoms with Crippen molar-refractivity contribution in [2.45, 2.75) is 32.9 Å². The molecule has 1 atom stereocenters. The molecule has 1 saturated heterocycles. The Morgan fingerprint density at radius 1 is 1.27 bits per heavy atom. The van der Waals surface area contributed by atoms with Crippen LogP contribution in [0.1, 0.15) is 35.3 Å². The molecular formula is C23H29N3O4. The van der Waals surface area contributed by atoms with Crippen LogP contribution in [0.25, 0.3) is 0 Å². The molecule has 7 nitrogen and oxygen atoms in total. The zero-order chi connectivity index (χ0) is 21.1. The molecule has 2 aromatic rings. The van der Waals surface area contributed by atoms with E-state index >= 15 is 0 Å². The monoisotopic (exact) mass is 411 g/mol. The van der Waals surface area contributed by atoms with E-state index in [2.05, 4.69) is 23.2 Å². The van der Waals surface area contributed by atoms with Crippen molar-refractivity contribution >= 4 is 17.3 Å². The van der Waals surface area contributed by atoms with E-state index in [9.17, 15) is 4.79 Å². The molecule has 2 heterocycles. The molecule has 4 rings (SSSR count). The lowest BCUT2D eigenvalue weighted by Gasteiger charge is -2.30. The van der Waals surface area contributed by atoms with Crippen molar-refractivity contribution in [1.29, 1.82) is 0 Å². The third-order valence-electron chi connectivity index (χ3n) is 5.48. The van der Waals surface area contributed by atoms with Gasteiger partial charge in [-0.15, -0.1) is 0 Å². The van der Waals surface area contributed by atoms with E-state index < -0.39 is 5.91 Å². The Labute approximate surface area is 177 Å². The van der Waals surface area contributed by atoms with Gasteiger partial charge in [-0.25, -0.2) is 0 Å². The summed E-state index contributed by atoms with van der Waals surface area (Å²) >= 11 is 0. The summed E-state index contributed by atoms with van der Waals surface area (Å²) in [6.45, 7) is 8.00. The minimum atomic E-state index is -0.435. The van der Waals surface area contributed by atoms with Gasteiger partial charge in [0.05, 0.1) is 25.4 Å². The summed E-state index contributed by atoms with van der Waals surface area (Å²) in [6, 6.07) is 9.87. The maximum atomic E-state index is 12.1. The summed E-state index contributed by atoms with van der Waals surface area (Å²) in [5.74, 6) is 1.35. The molecule has 7 heteroatoms. The fourth-order valence-electron chi connectivity index (χ4n) is 4.03. The lowest BCUT2D eigenvalue weighted by Crippen LogP contribution is -2.37. The standard InChI is InChI=1S/C23H29N3O4/c1-3-29-21-11-16-10-15(2)30-22(16)12-17(21)14-25-18-4-5-20(19(13-18)23(24)27)26-6-8-28-9-7-26/h4-5,11-13,15,25H,3,6-10,14H2,1-2H3,(H2,24,27). The minimum Gasteiger partial charge on any atom is -0.494 e. The molecule has 1 unspecified atom stereocenters. The Bertz CT molecular complexity index is 925. The number of hydrogen-bond donors (Lipinski definition) is 2. The summed E-state index contributed by atoms with van der Waals surface area (Å²) in [5.41, 5.74) is 10.1. The highest BCUT2D eigenvalue weighted by Gasteiger charge is 2.22. The molecule has 2 aromatic carbocycles. The maximum Gasteiger partial charge on any atom is 0.250 e. The van der Waals surface area contributed by atoms with Gasteiger partial charge in [-0.05, 0) is 44.2 Å². The lowest BCUT2D eigenvalue weighted by atomic mass is 10.1. The first-order chi connectivity index (χ1) is 14.5. The fourth-order valence-corrected chi connectivity index (χ4v) is 4.03. The zero-order valence-electron chi connectivity index (χ0n) is 17.6. The van der Waals surface area contributed by atoms with Crippen LogP contribution in [-0.2, 0) is 17.7 Å². The second-order valence-corrected chi connectivity index (χ2v) is 7.68. The highest BCUT2D eigenvalue weighted by Crippen LogP contribution is 2.35. The molecule has 160 valence electrons. The number of benzene rings is 2. The van der Waals surface area contributed by atoms with Crippen LogP contribution in [0.2, 0.25) is 0 Å². The van der Waals surface area contributed by atoms with Crippen molar-refractivity contribution < 1.29 is 19.0 Å². The van der Waals surface area contributed by atoms with E-state index in [1.807, 2.05) is 31.2 Å². The van der Waals surface area contributed by atoms with Crippen molar-refractivity contribution in [3.8, 4) is 11.5 Å². The van der Waals surface area contributed by atoms with E-state index in [4.69, 9.17) is 19.9 Å². The predicted octanol–water partition coefficient (Wildman–Crippen LogP) is 2.96. The Kier molecular flexibility index (Phi) is 5.99. The van der Waals surface area contributed by atoms with E-state index in [0.717, 1.165) is 47.9 Å². The first-order valence-electron chi connectivity index (χ1n) is 10.5. The number of carbonyl (C=O) groups is 1. The molecule has 0 radical (unpaired) electrons. The third-order valence-corrected chi connectivity index (χ3v) is 5.48. The predicted molar refractivity (Wildman–Crippen MR) is 117 cm³/mol.